The number of carbonyl (C=O) groups is 2. The lowest BCUT2D eigenvalue weighted by atomic mass is 10.2. The molecule has 0 saturated carbocycles. The highest BCUT2D eigenvalue weighted by Crippen LogP contribution is 2.45. The van der Waals surface area contributed by atoms with Crippen molar-refractivity contribution in [2.45, 2.75) is 27.1 Å². The van der Waals surface area contributed by atoms with Gasteiger partial charge in [0.15, 0.2) is 0 Å². The van der Waals surface area contributed by atoms with Crippen molar-refractivity contribution >= 4 is 19.8 Å². The van der Waals surface area contributed by atoms with Gasteiger partial charge in [-0.1, -0.05) is 24.3 Å². The summed E-state index contributed by atoms with van der Waals surface area (Å²) in [6.45, 7) is 2.28. The van der Waals surface area contributed by atoms with Crippen molar-refractivity contribution in [1.29, 1.82) is 0 Å². The highest BCUT2D eigenvalue weighted by Gasteiger charge is 2.21. The number of esters is 2. The first-order valence-electron chi connectivity index (χ1n) is 7.90. The quantitative estimate of drug-likeness (QED) is 0.412. The highest BCUT2D eigenvalue weighted by atomic mass is 31.2. The van der Waals surface area contributed by atoms with Gasteiger partial charge < -0.3 is 14.4 Å². The van der Waals surface area contributed by atoms with E-state index in [9.17, 15) is 19.0 Å². The van der Waals surface area contributed by atoms with Gasteiger partial charge in [-0.05, 0) is 35.4 Å². The molecule has 0 aliphatic heterocycles. The van der Waals surface area contributed by atoms with Gasteiger partial charge in [-0.15, -0.1) is 0 Å². The minimum atomic E-state index is -4.26. The molecule has 144 valence electrons. The molecule has 2 rings (SSSR count). The molecule has 0 aromatic heterocycles. The predicted molar refractivity (Wildman–Crippen MR) is 94.9 cm³/mol. The van der Waals surface area contributed by atoms with Gasteiger partial charge in [0.25, 0.3) is 0 Å². The van der Waals surface area contributed by atoms with E-state index in [2.05, 4.69) is 0 Å². The van der Waals surface area contributed by atoms with E-state index in [1.165, 1.54) is 13.8 Å². The number of hydrogen-bond donors (Lipinski definition) is 1. The molecule has 0 radical (unpaired) electrons. The van der Waals surface area contributed by atoms with Crippen LogP contribution in [-0.2, 0) is 36.4 Å². The summed E-state index contributed by atoms with van der Waals surface area (Å²) in [5.41, 5.74) is 1.21. The third-order valence-corrected chi connectivity index (χ3v) is 4.07. The summed E-state index contributed by atoms with van der Waals surface area (Å²) >= 11 is 0. The number of phosphoric ester groups is 1. The van der Waals surface area contributed by atoms with E-state index in [1.54, 1.807) is 48.5 Å². The Hall–Kier alpha value is -2.51. The molecule has 0 fully saturated rings. The lowest BCUT2D eigenvalue weighted by molar-refractivity contribution is -0.132. The fourth-order valence-electron chi connectivity index (χ4n) is 1.99. The molecule has 9 heteroatoms. The Balaban J connectivity index is 1.83. The third kappa shape index (κ3) is 7.72. The number of phosphoric acid groups is 1. The van der Waals surface area contributed by atoms with Crippen LogP contribution in [0.15, 0.2) is 48.5 Å². The molecule has 0 saturated heterocycles. The van der Waals surface area contributed by atoms with Gasteiger partial charge in [0.05, 0.1) is 13.2 Å². The second kappa shape index (κ2) is 9.43. The van der Waals surface area contributed by atoms with E-state index in [0.717, 1.165) is 0 Å². The van der Waals surface area contributed by atoms with E-state index in [-0.39, 0.29) is 13.2 Å². The van der Waals surface area contributed by atoms with Crippen molar-refractivity contribution in [3.63, 3.8) is 0 Å². The second-order valence-electron chi connectivity index (χ2n) is 5.49. The van der Waals surface area contributed by atoms with Gasteiger partial charge in [-0.25, -0.2) is 4.57 Å². The molecule has 2 aromatic carbocycles. The Morgan fingerprint density at radius 3 is 1.41 bits per heavy atom. The number of rotatable bonds is 8. The maximum absolute atomic E-state index is 12.0. The van der Waals surface area contributed by atoms with Crippen LogP contribution in [0.5, 0.6) is 11.5 Å². The maximum atomic E-state index is 12.0. The van der Waals surface area contributed by atoms with Gasteiger partial charge in [0.2, 0.25) is 0 Å². The molecule has 0 aliphatic carbocycles. The lowest BCUT2D eigenvalue weighted by Crippen LogP contribution is -2.02. The largest absolute Gasteiger partial charge is 0.472 e. The lowest BCUT2D eigenvalue weighted by Gasteiger charge is -2.12. The van der Waals surface area contributed by atoms with Crippen molar-refractivity contribution in [1.82, 2.24) is 0 Å². The minimum absolute atomic E-state index is 0.153. The van der Waals surface area contributed by atoms with E-state index in [4.69, 9.17) is 18.5 Å². The van der Waals surface area contributed by atoms with Gasteiger partial charge in [0, 0.05) is 13.8 Å². The molecule has 0 bridgehead atoms. The van der Waals surface area contributed by atoms with Crippen LogP contribution in [0.4, 0.5) is 0 Å². The van der Waals surface area contributed by atoms with Crippen LogP contribution in [0.3, 0.4) is 0 Å². The maximum Gasteiger partial charge on any atom is 0.472 e. The van der Waals surface area contributed by atoms with E-state index < -0.39 is 19.8 Å². The Labute approximate surface area is 156 Å². The number of carbonyl (C=O) groups excluding carboxylic acids is 2. The van der Waals surface area contributed by atoms with Crippen molar-refractivity contribution in [3.05, 3.63) is 59.7 Å². The molecule has 0 heterocycles. The normalized spacial score (nSPS) is 11.1. The molecule has 0 atom stereocenters. The molecule has 0 unspecified atom stereocenters. The minimum Gasteiger partial charge on any atom is -0.427 e. The number of benzene rings is 2. The van der Waals surface area contributed by atoms with Crippen LogP contribution in [-0.4, -0.2) is 16.8 Å². The Bertz CT molecular complexity index is 762. The van der Waals surface area contributed by atoms with Crippen LogP contribution < -0.4 is 9.47 Å². The fraction of sp³-hybridized carbons (Fsp3) is 0.222. The molecular formula is C18H19O8P. The highest BCUT2D eigenvalue weighted by molar-refractivity contribution is 7.47. The van der Waals surface area contributed by atoms with Crippen molar-refractivity contribution in [2.24, 2.45) is 0 Å². The summed E-state index contributed by atoms with van der Waals surface area (Å²) in [6, 6.07) is 12.6. The molecular weight excluding hydrogens is 375 g/mol. The van der Waals surface area contributed by atoms with Crippen LogP contribution in [0.2, 0.25) is 0 Å². The van der Waals surface area contributed by atoms with E-state index in [0.29, 0.717) is 22.6 Å². The first-order valence-corrected chi connectivity index (χ1v) is 9.40. The van der Waals surface area contributed by atoms with Gasteiger partial charge >= 0.3 is 19.8 Å². The topological polar surface area (TPSA) is 108 Å². The van der Waals surface area contributed by atoms with Crippen LogP contribution in [0, 0.1) is 0 Å². The summed E-state index contributed by atoms with van der Waals surface area (Å²) in [5.74, 6) is -0.139. The zero-order valence-corrected chi connectivity index (χ0v) is 15.7. The number of hydrogen-bond acceptors (Lipinski definition) is 7. The molecule has 2 aromatic rings. The van der Waals surface area contributed by atoms with Crippen molar-refractivity contribution < 1.29 is 37.6 Å². The van der Waals surface area contributed by atoms with Gasteiger partial charge in [-0.3, -0.25) is 18.6 Å². The first-order chi connectivity index (χ1) is 12.7. The molecule has 0 aliphatic rings. The second-order valence-corrected chi connectivity index (χ2v) is 6.94. The van der Waals surface area contributed by atoms with E-state index >= 15 is 0 Å². The van der Waals surface area contributed by atoms with Crippen LogP contribution in [0.25, 0.3) is 0 Å². The van der Waals surface area contributed by atoms with Crippen LogP contribution >= 0.6 is 7.82 Å². The standard InChI is InChI=1S/C18H19O8P/c1-13(19)25-17-7-3-15(4-8-17)11-23-27(21,22)24-12-16-5-9-18(10-6-16)26-14(2)20/h3-10H,11-12H2,1-2H3,(H,21,22). The Kier molecular flexibility index (Phi) is 7.27. The zero-order valence-electron chi connectivity index (χ0n) is 14.8. The van der Waals surface area contributed by atoms with Crippen molar-refractivity contribution in [3.8, 4) is 11.5 Å². The predicted octanol–water partition coefficient (Wildman–Crippen LogP) is 3.37. The summed E-state index contributed by atoms with van der Waals surface area (Å²) in [7, 11) is -4.26. The average molecular weight is 394 g/mol. The summed E-state index contributed by atoms with van der Waals surface area (Å²) in [5, 5.41) is 0. The molecule has 0 spiro atoms. The molecule has 27 heavy (non-hydrogen) atoms. The summed E-state index contributed by atoms with van der Waals surface area (Å²) in [4.78, 5) is 31.5. The van der Waals surface area contributed by atoms with E-state index in [1.807, 2.05) is 0 Å². The fourth-order valence-corrected chi connectivity index (χ4v) is 2.69. The monoisotopic (exact) mass is 394 g/mol. The first kappa shape index (κ1) is 20.8. The van der Waals surface area contributed by atoms with Crippen molar-refractivity contribution in [2.75, 3.05) is 0 Å². The SMILES string of the molecule is CC(=O)Oc1ccc(COP(=O)(O)OCc2ccc(OC(C)=O)cc2)cc1. The summed E-state index contributed by atoms with van der Waals surface area (Å²) in [6.07, 6.45) is 0. The Morgan fingerprint density at radius 2 is 1.11 bits per heavy atom. The zero-order chi connectivity index (χ0) is 19.9. The average Bonchev–Trinajstić information content (AvgIpc) is 2.60. The number of ether oxygens (including phenoxy) is 2. The van der Waals surface area contributed by atoms with Gasteiger partial charge in [-0.2, -0.15) is 0 Å². The molecule has 1 N–H and O–H groups in total. The van der Waals surface area contributed by atoms with Crippen LogP contribution in [0.1, 0.15) is 25.0 Å². The molecule has 8 nitrogen and oxygen atoms in total. The third-order valence-electron chi connectivity index (χ3n) is 3.16. The summed E-state index contributed by atoms with van der Waals surface area (Å²) < 4.78 is 31.6. The Morgan fingerprint density at radius 1 is 0.778 bits per heavy atom. The molecule has 0 amide bonds. The van der Waals surface area contributed by atoms with Gasteiger partial charge in [0.1, 0.15) is 11.5 Å². The smallest absolute Gasteiger partial charge is 0.427 e.